The van der Waals surface area contributed by atoms with E-state index in [0.29, 0.717) is 6.04 Å². The van der Waals surface area contributed by atoms with Crippen LogP contribution < -0.4 is 0 Å². The van der Waals surface area contributed by atoms with Crippen LogP contribution in [0.1, 0.15) is 48.2 Å². The molecule has 1 aliphatic rings. The Morgan fingerprint density at radius 3 is 2.37 bits per heavy atom. The van der Waals surface area contributed by atoms with E-state index < -0.39 is 0 Å². The van der Waals surface area contributed by atoms with Gasteiger partial charge >= 0.3 is 0 Å². The first-order valence-corrected chi connectivity index (χ1v) is 8.37. The topological polar surface area (TPSA) is 6.48 Å². The van der Waals surface area contributed by atoms with Gasteiger partial charge in [-0.05, 0) is 63.7 Å². The second-order valence-electron chi connectivity index (χ2n) is 6.06. The fourth-order valence-corrected chi connectivity index (χ4v) is 4.47. The molecule has 0 N–H and O–H groups in total. The van der Waals surface area contributed by atoms with Crippen LogP contribution >= 0.6 is 11.3 Å². The molecule has 1 atom stereocenters. The van der Waals surface area contributed by atoms with E-state index in [0.717, 1.165) is 6.04 Å². The molecule has 2 heterocycles. The van der Waals surface area contributed by atoms with E-state index >= 15 is 0 Å². The van der Waals surface area contributed by atoms with Gasteiger partial charge in [-0.3, -0.25) is 4.90 Å². The zero-order chi connectivity index (χ0) is 14.0. The lowest BCUT2D eigenvalue weighted by atomic mass is 9.99. The maximum Gasteiger partial charge on any atom is 0.0441 e. The van der Waals surface area contributed by atoms with E-state index in [1.807, 2.05) is 11.3 Å². The van der Waals surface area contributed by atoms with Crippen LogP contribution in [0.25, 0.3) is 0 Å². The number of rotatable bonds is 4. The Labute approximate surface area is 122 Å². The molecule has 1 aromatic rings. The van der Waals surface area contributed by atoms with Crippen molar-refractivity contribution in [2.24, 2.45) is 0 Å². The molecular weight excluding hydrogens is 252 g/mol. The monoisotopic (exact) mass is 280 g/mol. The Balaban J connectivity index is 2.06. The summed E-state index contributed by atoms with van der Waals surface area (Å²) in [5.41, 5.74) is 2.98. The number of aryl methyl sites for hydroxylation is 1. The normalized spacial score (nSPS) is 20.1. The Morgan fingerprint density at radius 1 is 1.32 bits per heavy atom. The highest BCUT2D eigenvalue weighted by molar-refractivity contribution is 7.10. The van der Waals surface area contributed by atoms with E-state index in [1.54, 1.807) is 4.88 Å². The second-order valence-corrected chi connectivity index (χ2v) is 6.97. The third-order valence-corrected chi connectivity index (χ3v) is 5.99. The average Bonchev–Trinajstić information content (AvgIpc) is 2.73. The number of nitrogens with zero attached hydrogens (tertiary/aromatic N) is 2. The molecule has 0 radical (unpaired) electrons. The highest BCUT2D eigenvalue weighted by Crippen LogP contribution is 2.35. The van der Waals surface area contributed by atoms with Crippen molar-refractivity contribution in [3.05, 3.63) is 21.4 Å². The van der Waals surface area contributed by atoms with Crippen molar-refractivity contribution in [3.63, 3.8) is 0 Å². The average molecular weight is 280 g/mol. The molecule has 0 spiro atoms. The number of hydrogen-bond acceptors (Lipinski definition) is 3. The van der Waals surface area contributed by atoms with Gasteiger partial charge in [-0.1, -0.05) is 6.92 Å². The van der Waals surface area contributed by atoms with Crippen LogP contribution in [0.3, 0.4) is 0 Å². The van der Waals surface area contributed by atoms with Crippen LogP contribution in [0.15, 0.2) is 5.38 Å². The first-order chi connectivity index (χ1) is 9.04. The van der Waals surface area contributed by atoms with Gasteiger partial charge in [-0.15, -0.1) is 11.3 Å². The summed E-state index contributed by atoms with van der Waals surface area (Å²) in [6, 6.07) is 1.42. The molecule has 3 heteroatoms. The first kappa shape index (κ1) is 15.0. The molecular formula is C16H28N2S. The first-order valence-electron chi connectivity index (χ1n) is 7.49. The van der Waals surface area contributed by atoms with Gasteiger partial charge in [0.15, 0.2) is 0 Å². The van der Waals surface area contributed by atoms with Gasteiger partial charge in [0.25, 0.3) is 0 Å². The Kier molecular flexibility index (Phi) is 5.04. The smallest absolute Gasteiger partial charge is 0.0441 e. The lowest BCUT2D eigenvalue weighted by Gasteiger charge is -2.39. The van der Waals surface area contributed by atoms with Gasteiger partial charge in [0, 0.05) is 30.1 Å². The zero-order valence-corrected chi connectivity index (χ0v) is 13.9. The minimum Gasteiger partial charge on any atom is -0.306 e. The standard InChI is InChI=1S/C16H28N2S/c1-6-15(16-13(3)12(2)11-19-16)18-9-7-14(8-10-18)17(4)5/h11,14-15H,6-10H2,1-5H3/t15-/m0/s1. The van der Waals surface area contributed by atoms with Crippen LogP contribution in [0.5, 0.6) is 0 Å². The zero-order valence-electron chi connectivity index (χ0n) is 13.1. The van der Waals surface area contributed by atoms with Crippen LogP contribution in [0.2, 0.25) is 0 Å². The molecule has 108 valence electrons. The number of likely N-dealkylation sites (tertiary alicyclic amines) is 1. The summed E-state index contributed by atoms with van der Waals surface area (Å²) >= 11 is 1.96. The number of piperidine rings is 1. The van der Waals surface area contributed by atoms with Crippen molar-refractivity contribution >= 4 is 11.3 Å². The molecule has 0 aromatic carbocycles. The molecule has 1 fully saturated rings. The van der Waals surface area contributed by atoms with Crippen LogP contribution in [-0.4, -0.2) is 43.0 Å². The minimum absolute atomic E-state index is 0.641. The highest BCUT2D eigenvalue weighted by Gasteiger charge is 2.27. The maximum atomic E-state index is 2.71. The maximum absolute atomic E-state index is 2.71. The summed E-state index contributed by atoms with van der Waals surface area (Å²) in [6.45, 7) is 9.35. The molecule has 1 aliphatic heterocycles. The van der Waals surface area contributed by atoms with Gasteiger partial charge in [-0.2, -0.15) is 0 Å². The van der Waals surface area contributed by atoms with Gasteiger partial charge in [0.1, 0.15) is 0 Å². The largest absolute Gasteiger partial charge is 0.306 e. The lowest BCUT2D eigenvalue weighted by Crippen LogP contribution is -2.43. The summed E-state index contributed by atoms with van der Waals surface area (Å²) in [4.78, 5) is 6.69. The van der Waals surface area contributed by atoms with Crippen molar-refractivity contribution in [3.8, 4) is 0 Å². The third-order valence-electron chi connectivity index (χ3n) is 4.68. The van der Waals surface area contributed by atoms with Gasteiger partial charge < -0.3 is 4.90 Å². The van der Waals surface area contributed by atoms with Crippen molar-refractivity contribution in [1.29, 1.82) is 0 Å². The Morgan fingerprint density at radius 2 is 1.95 bits per heavy atom. The van der Waals surface area contributed by atoms with Gasteiger partial charge in [-0.25, -0.2) is 0 Å². The molecule has 0 unspecified atom stereocenters. The fraction of sp³-hybridized carbons (Fsp3) is 0.750. The van der Waals surface area contributed by atoms with E-state index in [4.69, 9.17) is 0 Å². The number of thiophene rings is 1. The molecule has 0 amide bonds. The lowest BCUT2D eigenvalue weighted by molar-refractivity contribution is 0.107. The minimum atomic E-state index is 0.641. The van der Waals surface area contributed by atoms with Gasteiger partial charge in [0.2, 0.25) is 0 Å². The SMILES string of the molecule is CC[C@@H](c1scc(C)c1C)N1CCC(N(C)C)CC1. The Bertz CT molecular complexity index is 403. The fourth-order valence-electron chi connectivity index (χ4n) is 3.17. The predicted octanol–water partition coefficient (Wildman–Crippen LogP) is 3.84. The Hall–Kier alpha value is -0.380. The van der Waals surface area contributed by atoms with Crippen molar-refractivity contribution in [2.75, 3.05) is 27.2 Å². The summed E-state index contributed by atoms with van der Waals surface area (Å²) in [6.07, 6.45) is 3.85. The highest BCUT2D eigenvalue weighted by atomic mass is 32.1. The quantitative estimate of drug-likeness (QED) is 0.827. The van der Waals surface area contributed by atoms with Gasteiger partial charge in [0.05, 0.1) is 0 Å². The molecule has 2 nitrogen and oxygen atoms in total. The molecule has 19 heavy (non-hydrogen) atoms. The summed E-state index contributed by atoms with van der Waals surface area (Å²) in [7, 11) is 4.43. The van der Waals surface area contributed by atoms with Crippen molar-refractivity contribution < 1.29 is 0 Å². The van der Waals surface area contributed by atoms with Crippen molar-refractivity contribution in [2.45, 2.75) is 52.1 Å². The van der Waals surface area contributed by atoms with E-state index in [9.17, 15) is 0 Å². The molecule has 1 aromatic heterocycles. The second kappa shape index (κ2) is 6.38. The molecule has 0 bridgehead atoms. The van der Waals surface area contributed by atoms with E-state index in [1.165, 1.54) is 43.5 Å². The molecule has 1 saturated heterocycles. The molecule has 2 rings (SSSR count). The van der Waals surface area contributed by atoms with E-state index in [2.05, 4.69) is 50.0 Å². The summed E-state index contributed by atoms with van der Waals surface area (Å²) < 4.78 is 0. The third kappa shape index (κ3) is 3.21. The van der Waals surface area contributed by atoms with Crippen LogP contribution in [0.4, 0.5) is 0 Å². The predicted molar refractivity (Wildman–Crippen MR) is 85.1 cm³/mol. The van der Waals surface area contributed by atoms with Crippen LogP contribution in [0, 0.1) is 13.8 Å². The summed E-state index contributed by atoms with van der Waals surface area (Å²) in [5.74, 6) is 0. The number of hydrogen-bond donors (Lipinski definition) is 0. The van der Waals surface area contributed by atoms with Crippen molar-refractivity contribution in [1.82, 2.24) is 9.80 Å². The summed E-state index contributed by atoms with van der Waals surface area (Å²) in [5, 5.41) is 2.32. The molecule has 0 aliphatic carbocycles. The van der Waals surface area contributed by atoms with E-state index in [-0.39, 0.29) is 0 Å². The van der Waals surface area contributed by atoms with Crippen LogP contribution in [-0.2, 0) is 0 Å². The molecule has 0 saturated carbocycles.